The first-order valence-corrected chi connectivity index (χ1v) is 12.7. The topological polar surface area (TPSA) is 85.9 Å². The lowest BCUT2D eigenvalue weighted by Gasteiger charge is -2.30. The summed E-state index contributed by atoms with van der Waals surface area (Å²) in [6.45, 7) is 1.14. The van der Waals surface area contributed by atoms with Crippen molar-refractivity contribution in [1.82, 2.24) is 28.9 Å². The third-order valence-corrected chi connectivity index (χ3v) is 9.06. The zero-order valence-electron chi connectivity index (χ0n) is 17.3. The molecule has 3 aromatic heterocycles. The van der Waals surface area contributed by atoms with Gasteiger partial charge in [-0.1, -0.05) is 6.07 Å². The van der Waals surface area contributed by atoms with Gasteiger partial charge < -0.3 is 0 Å². The van der Waals surface area contributed by atoms with Gasteiger partial charge in [-0.25, -0.2) is 22.4 Å². The number of nitrogens with zero attached hydrogens (tertiary/aromatic N) is 6. The summed E-state index contributed by atoms with van der Waals surface area (Å²) in [6.07, 6.45) is 11.3. The van der Waals surface area contributed by atoms with E-state index in [-0.39, 0.29) is 11.2 Å². The first kappa shape index (κ1) is 19.2. The maximum Gasteiger partial charge on any atom is 0.216 e. The predicted molar refractivity (Wildman–Crippen MR) is 116 cm³/mol. The maximum absolute atomic E-state index is 12.6. The number of rotatable bonds is 6. The lowest BCUT2D eigenvalue weighted by atomic mass is 9.95. The lowest BCUT2D eigenvalue weighted by Crippen LogP contribution is -2.39. The highest BCUT2D eigenvalue weighted by Crippen LogP contribution is 2.40. The zero-order valence-corrected chi connectivity index (χ0v) is 18.2. The van der Waals surface area contributed by atoms with E-state index in [9.17, 15) is 8.42 Å². The van der Waals surface area contributed by atoms with Crippen LogP contribution >= 0.6 is 0 Å². The van der Waals surface area contributed by atoms with E-state index in [1.807, 2.05) is 29.2 Å². The fourth-order valence-electron chi connectivity index (χ4n) is 4.49. The van der Waals surface area contributed by atoms with Gasteiger partial charge in [-0.2, -0.15) is 14.9 Å². The average molecular weight is 439 g/mol. The van der Waals surface area contributed by atoms with E-state index >= 15 is 0 Å². The molecular formula is C22H26N6O2S. The highest BCUT2D eigenvalue weighted by molar-refractivity contribution is 7.90. The second-order valence-electron chi connectivity index (χ2n) is 8.93. The van der Waals surface area contributed by atoms with E-state index in [4.69, 9.17) is 5.10 Å². The van der Waals surface area contributed by atoms with E-state index < -0.39 is 10.0 Å². The third-order valence-electron chi connectivity index (χ3n) is 6.66. The first-order chi connectivity index (χ1) is 15.1. The SMILES string of the molecule is O=S(=O)(C1CC1)N1CCC(c2cc(-n3cccn3)n(-c3ccc(C4CC4)cn3)n2)CC1. The van der Waals surface area contributed by atoms with E-state index in [1.165, 1.54) is 18.4 Å². The van der Waals surface area contributed by atoms with Crippen molar-refractivity contribution >= 4 is 10.0 Å². The molecule has 162 valence electrons. The van der Waals surface area contributed by atoms with E-state index in [0.717, 1.165) is 43.0 Å². The summed E-state index contributed by atoms with van der Waals surface area (Å²) in [7, 11) is -3.10. The highest BCUT2D eigenvalue weighted by atomic mass is 32.2. The van der Waals surface area contributed by atoms with E-state index in [2.05, 4.69) is 22.2 Å². The van der Waals surface area contributed by atoms with Crippen molar-refractivity contribution in [2.45, 2.75) is 55.6 Å². The number of hydrogen-bond acceptors (Lipinski definition) is 5. The minimum atomic E-state index is -3.10. The minimum absolute atomic E-state index is 0.139. The van der Waals surface area contributed by atoms with Crippen LogP contribution in [0.5, 0.6) is 0 Å². The van der Waals surface area contributed by atoms with Gasteiger partial charge in [0.25, 0.3) is 0 Å². The van der Waals surface area contributed by atoms with Crippen LogP contribution in [0, 0.1) is 0 Å². The summed E-state index contributed by atoms with van der Waals surface area (Å²) in [5.41, 5.74) is 2.27. The molecule has 0 aromatic carbocycles. The van der Waals surface area contributed by atoms with Gasteiger partial charge in [-0.3, -0.25) is 0 Å². The Morgan fingerprint density at radius 3 is 2.39 bits per heavy atom. The molecule has 9 heteroatoms. The molecule has 0 bridgehead atoms. The molecule has 3 fully saturated rings. The molecule has 0 radical (unpaired) electrons. The first-order valence-electron chi connectivity index (χ1n) is 11.1. The summed E-state index contributed by atoms with van der Waals surface area (Å²) >= 11 is 0. The number of piperidine rings is 1. The Morgan fingerprint density at radius 1 is 0.968 bits per heavy atom. The van der Waals surface area contributed by atoms with Gasteiger partial charge in [0.2, 0.25) is 10.0 Å². The van der Waals surface area contributed by atoms with E-state index in [1.54, 1.807) is 15.2 Å². The second-order valence-corrected chi connectivity index (χ2v) is 11.1. The van der Waals surface area contributed by atoms with Crippen LogP contribution in [0.1, 0.15) is 61.6 Å². The molecule has 0 N–H and O–H groups in total. The van der Waals surface area contributed by atoms with Crippen molar-refractivity contribution in [3.63, 3.8) is 0 Å². The molecule has 1 saturated heterocycles. The normalized spacial score (nSPS) is 20.9. The Kier molecular flexibility index (Phi) is 4.50. The van der Waals surface area contributed by atoms with Crippen LogP contribution in [-0.2, 0) is 10.0 Å². The van der Waals surface area contributed by atoms with Crippen molar-refractivity contribution in [2.75, 3.05) is 13.1 Å². The predicted octanol–water partition coefficient (Wildman–Crippen LogP) is 3.00. The lowest BCUT2D eigenvalue weighted by molar-refractivity contribution is 0.316. The standard InChI is InChI=1S/C22H26N6O2S/c29-31(30,19-5-6-19)26-12-8-17(9-13-26)20-14-22(27-11-1-10-24-27)28(25-20)21-7-4-18(15-23-21)16-2-3-16/h1,4,7,10-11,14-17,19H,2-3,5-6,8-9,12-13H2. The third kappa shape index (κ3) is 3.59. The van der Waals surface area contributed by atoms with Gasteiger partial charge in [0, 0.05) is 43.7 Å². The molecule has 3 aliphatic rings. The van der Waals surface area contributed by atoms with Crippen molar-refractivity contribution in [3.05, 3.63) is 54.1 Å². The second kappa shape index (κ2) is 7.27. The van der Waals surface area contributed by atoms with Gasteiger partial charge in [0.15, 0.2) is 11.6 Å². The largest absolute Gasteiger partial charge is 0.237 e. The molecule has 0 atom stereocenters. The van der Waals surface area contributed by atoms with Gasteiger partial charge in [0.05, 0.1) is 10.9 Å². The number of pyridine rings is 1. The maximum atomic E-state index is 12.6. The smallest absolute Gasteiger partial charge is 0.216 e. The van der Waals surface area contributed by atoms with Crippen LogP contribution < -0.4 is 0 Å². The fourth-order valence-corrected chi connectivity index (χ4v) is 6.36. The van der Waals surface area contributed by atoms with Crippen LogP contribution in [0.3, 0.4) is 0 Å². The Labute approximate surface area is 181 Å². The summed E-state index contributed by atoms with van der Waals surface area (Å²) in [5, 5.41) is 9.17. The Morgan fingerprint density at radius 2 is 1.77 bits per heavy atom. The minimum Gasteiger partial charge on any atom is -0.237 e. The van der Waals surface area contributed by atoms with Crippen molar-refractivity contribution in [2.24, 2.45) is 0 Å². The van der Waals surface area contributed by atoms with Crippen molar-refractivity contribution in [3.8, 4) is 11.6 Å². The number of aromatic nitrogens is 5. The monoisotopic (exact) mass is 438 g/mol. The quantitative estimate of drug-likeness (QED) is 0.591. The van der Waals surface area contributed by atoms with Crippen LogP contribution in [0.25, 0.3) is 11.6 Å². The van der Waals surface area contributed by atoms with E-state index in [0.29, 0.717) is 19.0 Å². The van der Waals surface area contributed by atoms with Gasteiger partial charge in [-0.05, 0) is 62.1 Å². The fraction of sp³-hybridized carbons (Fsp3) is 0.500. The van der Waals surface area contributed by atoms with Crippen LogP contribution in [0.4, 0.5) is 0 Å². The Balaban J connectivity index is 1.28. The summed E-state index contributed by atoms with van der Waals surface area (Å²) in [6, 6.07) is 8.14. The molecule has 2 saturated carbocycles. The molecule has 4 heterocycles. The molecule has 1 aliphatic heterocycles. The average Bonchev–Trinajstić information content (AvgIpc) is 3.72. The summed E-state index contributed by atoms with van der Waals surface area (Å²) in [4.78, 5) is 4.68. The number of hydrogen-bond donors (Lipinski definition) is 0. The molecule has 0 spiro atoms. The molecule has 31 heavy (non-hydrogen) atoms. The zero-order chi connectivity index (χ0) is 21.0. The molecule has 8 nitrogen and oxygen atoms in total. The number of sulfonamides is 1. The molecule has 6 rings (SSSR count). The molecular weight excluding hydrogens is 412 g/mol. The highest BCUT2D eigenvalue weighted by Gasteiger charge is 2.41. The Hall–Kier alpha value is -2.52. The van der Waals surface area contributed by atoms with Gasteiger partial charge in [-0.15, -0.1) is 0 Å². The Bertz CT molecular complexity index is 1170. The molecule has 0 amide bonds. The van der Waals surface area contributed by atoms with Crippen molar-refractivity contribution < 1.29 is 8.42 Å². The summed E-state index contributed by atoms with van der Waals surface area (Å²) in [5.74, 6) is 2.51. The van der Waals surface area contributed by atoms with Crippen LogP contribution in [0.2, 0.25) is 0 Å². The molecule has 0 unspecified atom stereocenters. The van der Waals surface area contributed by atoms with Gasteiger partial charge in [0.1, 0.15) is 0 Å². The van der Waals surface area contributed by atoms with Crippen LogP contribution in [0.15, 0.2) is 42.9 Å². The van der Waals surface area contributed by atoms with Gasteiger partial charge >= 0.3 is 0 Å². The molecule has 2 aliphatic carbocycles. The molecule has 3 aromatic rings. The summed E-state index contributed by atoms with van der Waals surface area (Å²) < 4.78 is 30.5. The van der Waals surface area contributed by atoms with Crippen molar-refractivity contribution in [1.29, 1.82) is 0 Å². The van der Waals surface area contributed by atoms with Crippen LogP contribution in [-0.4, -0.2) is 55.6 Å².